The molecule has 0 heterocycles. The number of carbonyl (C=O) groups excluding carboxylic acids is 1. The van der Waals surface area contributed by atoms with E-state index in [4.69, 9.17) is 17.4 Å². The summed E-state index contributed by atoms with van der Waals surface area (Å²) < 4.78 is 0. The van der Waals surface area contributed by atoms with Gasteiger partial charge in [-0.25, -0.2) is 0 Å². The quantitative estimate of drug-likeness (QED) is 0.673. The number of aryl methyl sites for hydroxylation is 1. The summed E-state index contributed by atoms with van der Waals surface area (Å²) in [4.78, 5) is 14.2. The molecule has 0 atom stereocenters. The molecule has 5 heteroatoms. The lowest BCUT2D eigenvalue weighted by molar-refractivity contribution is 0.0786. The Bertz CT molecular complexity index is 658. The predicted molar refractivity (Wildman–Crippen MR) is 86.2 cm³/mol. The number of nitrogens with one attached hydrogen (secondary N) is 1. The number of hydrogen-bond donors (Lipinski definition) is 2. The molecular formula is C16H18ClN3O. The van der Waals surface area contributed by atoms with Crippen molar-refractivity contribution in [1.29, 1.82) is 0 Å². The summed E-state index contributed by atoms with van der Waals surface area (Å²) in [6, 6.07) is 13.0. The highest BCUT2D eigenvalue weighted by Crippen LogP contribution is 2.19. The lowest BCUT2D eigenvalue weighted by atomic mass is 10.1. The van der Waals surface area contributed by atoms with Gasteiger partial charge in [-0.15, -0.1) is 0 Å². The van der Waals surface area contributed by atoms with Gasteiger partial charge in [0.15, 0.2) is 0 Å². The molecule has 3 N–H and O–H groups in total. The molecule has 2 aromatic carbocycles. The molecule has 0 spiro atoms. The zero-order chi connectivity index (χ0) is 15.4. The van der Waals surface area contributed by atoms with Crippen LogP contribution in [-0.4, -0.2) is 17.9 Å². The van der Waals surface area contributed by atoms with Crippen molar-refractivity contribution in [2.45, 2.75) is 13.5 Å². The molecule has 0 radical (unpaired) electrons. The lowest BCUT2D eigenvalue weighted by Gasteiger charge is -2.19. The Morgan fingerprint density at radius 3 is 2.71 bits per heavy atom. The van der Waals surface area contributed by atoms with Crippen molar-refractivity contribution in [1.82, 2.24) is 4.90 Å². The standard InChI is InChI=1S/C16H18ClN3O/c1-11-6-7-15(19-18)14(8-11)16(21)20(2)10-12-4-3-5-13(17)9-12/h3-9,19H,10,18H2,1-2H3. The summed E-state index contributed by atoms with van der Waals surface area (Å²) in [6.45, 7) is 2.42. The second-order valence-electron chi connectivity index (χ2n) is 4.98. The number of amides is 1. The van der Waals surface area contributed by atoms with Gasteiger partial charge in [-0.2, -0.15) is 0 Å². The first-order valence-corrected chi connectivity index (χ1v) is 6.96. The minimum absolute atomic E-state index is 0.0911. The van der Waals surface area contributed by atoms with Crippen molar-refractivity contribution in [3.63, 3.8) is 0 Å². The molecule has 110 valence electrons. The van der Waals surface area contributed by atoms with Crippen LogP contribution >= 0.6 is 11.6 Å². The van der Waals surface area contributed by atoms with Crippen LogP contribution in [0.5, 0.6) is 0 Å². The maximum absolute atomic E-state index is 12.6. The number of rotatable bonds is 4. The predicted octanol–water partition coefficient (Wildman–Crippen LogP) is 3.21. The number of nitrogen functional groups attached to an aromatic ring is 1. The molecule has 0 saturated carbocycles. The SMILES string of the molecule is Cc1ccc(NN)c(C(=O)N(C)Cc2cccc(Cl)c2)c1. The second kappa shape index (κ2) is 6.61. The number of carbonyl (C=O) groups is 1. The van der Waals surface area contributed by atoms with Gasteiger partial charge in [-0.1, -0.05) is 35.4 Å². The highest BCUT2D eigenvalue weighted by Gasteiger charge is 2.16. The molecular weight excluding hydrogens is 286 g/mol. The summed E-state index contributed by atoms with van der Waals surface area (Å²) in [5.74, 6) is 5.38. The van der Waals surface area contributed by atoms with Crippen molar-refractivity contribution in [3.05, 3.63) is 64.2 Å². The number of nitrogens with two attached hydrogens (primary N) is 1. The van der Waals surface area contributed by atoms with E-state index < -0.39 is 0 Å². The summed E-state index contributed by atoms with van der Waals surface area (Å²) in [5, 5.41) is 0.660. The number of hydrogen-bond acceptors (Lipinski definition) is 3. The van der Waals surface area contributed by atoms with Crippen LogP contribution in [0, 0.1) is 6.92 Å². The number of hydrazine groups is 1. The third-order valence-electron chi connectivity index (χ3n) is 3.22. The summed E-state index contributed by atoms with van der Waals surface area (Å²) >= 11 is 5.96. The first-order chi connectivity index (χ1) is 10.0. The Morgan fingerprint density at radius 1 is 1.29 bits per heavy atom. The molecule has 0 unspecified atom stereocenters. The van der Waals surface area contributed by atoms with Gasteiger partial charge in [-0.3, -0.25) is 10.6 Å². The zero-order valence-corrected chi connectivity index (χ0v) is 12.8. The summed E-state index contributed by atoms with van der Waals surface area (Å²) in [6.07, 6.45) is 0. The van der Waals surface area contributed by atoms with Gasteiger partial charge < -0.3 is 10.3 Å². The monoisotopic (exact) mass is 303 g/mol. The summed E-state index contributed by atoms with van der Waals surface area (Å²) in [5.41, 5.74) is 5.72. The van der Waals surface area contributed by atoms with Gasteiger partial charge in [0.05, 0.1) is 11.3 Å². The van der Waals surface area contributed by atoms with Crippen LogP contribution in [0.2, 0.25) is 5.02 Å². The van der Waals surface area contributed by atoms with Crippen molar-refractivity contribution in [2.24, 2.45) is 5.84 Å². The molecule has 0 fully saturated rings. The second-order valence-corrected chi connectivity index (χ2v) is 5.42. The van der Waals surface area contributed by atoms with Gasteiger partial charge >= 0.3 is 0 Å². The number of nitrogens with zero attached hydrogens (tertiary/aromatic N) is 1. The Kier molecular flexibility index (Phi) is 4.83. The Morgan fingerprint density at radius 2 is 2.05 bits per heavy atom. The molecule has 0 aliphatic carbocycles. The van der Waals surface area contributed by atoms with Gasteiger partial charge in [0, 0.05) is 18.6 Å². The molecule has 2 rings (SSSR count). The number of anilines is 1. The van der Waals surface area contributed by atoms with Crippen LogP contribution in [0.15, 0.2) is 42.5 Å². The van der Waals surface area contributed by atoms with Gasteiger partial charge in [0.25, 0.3) is 5.91 Å². The maximum atomic E-state index is 12.6. The molecule has 2 aromatic rings. The Hall–Kier alpha value is -2.04. The maximum Gasteiger partial charge on any atom is 0.256 e. The first-order valence-electron chi connectivity index (χ1n) is 6.58. The third kappa shape index (κ3) is 3.74. The van der Waals surface area contributed by atoms with E-state index in [9.17, 15) is 4.79 Å². The van der Waals surface area contributed by atoms with E-state index in [-0.39, 0.29) is 5.91 Å². The van der Waals surface area contributed by atoms with Crippen LogP contribution in [0.3, 0.4) is 0 Å². The van der Waals surface area contributed by atoms with Crippen molar-refractivity contribution in [3.8, 4) is 0 Å². The first kappa shape index (κ1) is 15.4. The zero-order valence-electron chi connectivity index (χ0n) is 12.1. The fourth-order valence-corrected chi connectivity index (χ4v) is 2.36. The van der Waals surface area contributed by atoms with Crippen LogP contribution in [0.4, 0.5) is 5.69 Å². The molecule has 1 amide bonds. The van der Waals surface area contributed by atoms with E-state index in [2.05, 4.69) is 5.43 Å². The van der Waals surface area contributed by atoms with Crippen LogP contribution in [-0.2, 0) is 6.54 Å². The van der Waals surface area contributed by atoms with Crippen LogP contribution < -0.4 is 11.3 Å². The molecule has 4 nitrogen and oxygen atoms in total. The summed E-state index contributed by atoms with van der Waals surface area (Å²) in [7, 11) is 1.76. The average molecular weight is 304 g/mol. The van der Waals surface area contributed by atoms with Gasteiger partial charge in [0.1, 0.15) is 0 Å². The average Bonchev–Trinajstić information content (AvgIpc) is 2.46. The highest BCUT2D eigenvalue weighted by molar-refractivity contribution is 6.30. The molecule has 0 bridgehead atoms. The van der Waals surface area contributed by atoms with E-state index in [0.29, 0.717) is 22.8 Å². The largest absolute Gasteiger partial charge is 0.337 e. The normalized spacial score (nSPS) is 10.3. The lowest BCUT2D eigenvalue weighted by Crippen LogP contribution is -2.27. The van der Waals surface area contributed by atoms with E-state index in [1.54, 1.807) is 18.0 Å². The smallest absolute Gasteiger partial charge is 0.256 e. The van der Waals surface area contributed by atoms with E-state index in [1.165, 1.54) is 0 Å². The molecule has 0 aliphatic rings. The minimum Gasteiger partial charge on any atom is -0.337 e. The highest BCUT2D eigenvalue weighted by atomic mass is 35.5. The topological polar surface area (TPSA) is 58.4 Å². The number of halogens is 1. The van der Waals surface area contributed by atoms with Crippen molar-refractivity contribution < 1.29 is 4.79 Å². The van der Waals surface area contributed by atoms with E-state index >= 15 is 0 Å². The number of benzene rings is 2. The molecule has 0 aliphatic heterocycles. The Balaban J connectivity index is 2.21. The van der Waals surface area contributed by atoms with Gasteiger partial charge in [0.2, 0.25) is 0 Å². The minimum atomic E-state index is -0.0911. The molecule has 0 aromatic heterocycles. The Labute approximate surface area is 129 Å². The fourth-order valence-electron chi connectivity index (χ4n) is 2.15. The van der Waals surface area contributed by atoms with Gasteiger partial charge in [-0.05, 0) is 36.8 Å². The van der Waals surface area contributed by atoms with Crippen molar-refractivity contribution >= 4 is 23.2 Å². The van der Waals surface area contributed by atoms with Crippen LogP contribution in [0.1, 0.15) is 21.5 Å². The van der Waals surface area contributed by atoms with E-state index in [0.717, 1.165) is 11.1 Å². The van der Waals surface area contributed by atoms with E-state index in [1.807, 2.05) is 43.3 Å². The molecule has 21 heavy (non-hydrogen) atoms. The fraction of sp³-hybridized carbons (Fsp3) is 0.188. The van der Waals surface area contributed by atoms with Crippen LogP contribution in [0.25, 0.3) is 0 Å². The van der Waals surface area contributed by atoms with Crippen molar-refractivity contribution in [2.75, 3.05) is 12.5 Å². The molecule has 0 saturated heterocycles. The third-order valence-corrected chi connectivity index (χ3v) is 3.45.